The van der Waals surface area contributed by atoms with Crippen LogP contribution in [0.3, 0.4) is 0 Å². The number of anilines is 2. The van der Waals surface area contributed by atoms with Crippen molar-refractivity contribution >= 4 is 21.9 Å². The third-order valence-corrected chi connectivity index (χ3v) is 3.61. The molecule has 0 radical (unpaired) electrons. The Balaban J connectivity index is 2.28. The third kappa shape index (κ3) is 4.33. The van der Waals surface area contributed by atoms with Gasteiger partial charge in [0, 0.05) is 31.8 Å². The molecule has 1 aliphatic heterocycles. The van der Waals surface area contributed by atoms with Gasteiger partial charge in [-0.25, -0.2) is 0 Å². The van der Waals surface area contributed by atoms with Crippen molar-refractivity contribution in [1.82, 2.24) is 0 Å². The summed E-state index contributed by atoms with van der Waals surface area (Å²) >= 11 is 0. The minimum absolute atomic E-state index is 0.111. The SMILES string of the molecule is Cc1cc(N2CC/C=C\CCC2)cc(N)[n+]1OS(=O)(=O)O. The van der Waals surface area contributed by atoms with E-state index in [1.165, 1.54) is 0 Å². The van der Waals surface area contributed by atoms with E-state index in [0.29, 0.717) is 5.69 Å². The monoisotopic (exact) mass is 314 g/mol. The molecule has 1 aromatic rings. The fraction of sp³-hybridized carbons (Fsp3) is 0.462. The van der Waals surface area contributed by atoms with E-state index in [0.717, 1.165) is 42.8 Å². The molecule has 1 aliphatic rings. The number of nitrogen functional groups attached to an aromatic ring is 1. The third-order valence-electron chi connectivity index (χ3n) is 3.27. The summed E-state index contributed by atoms with van der Waals surface area (Å²) in [6.07, 6.45) is 7.40. The Hall–Kier alpha value is -1.80. The second-order valence-corrected chi connectivity index (χ2v) is 5.97. The van der Waals surface area contributed by atoms with Crippen LogP contribution in [0.2, 0.25) is 0 Å². The second kappa shape index (κ2) is 6.31. The Bertz CT molecular complexity index is 620. The summed E-state index contributed by atoms with van der Waals surface area (Å²) in [5.41, 5.74) is 7.23. The molecule has 8 heteroatoms. The molecule has 21 heavy (non-hydrogen) atoms. The Morgan fingerprint density at radius 3 is 2.67 bits per heavy atom. The van der Waals surface area contributed by atoms with Crippen molar-refractivity contribution in [2.24, 2.45) is 0 Å². The fourth-order valence-corrected chi connectivity index (χ4v) is 2.73. The van der Waals surface area contributed by atoms with E-state index in [1.54, 1.807) is 19.1 Å². The van der Waals surface area contributed by atoms with Crippen LogP contribution in [0.25, 0.3) is 0 Å². The van der Waals surface area contributed by atoms with Crippen molar-refractivity contribution in [3.63, 3.8) is 0 Å². The Morgan fingerprint density at radius 2 is 2.00 bits per heavy atom. The largest absolute Gasteiger partial charge is 0.482 e. The number of nitrogens with zero attached hydrogens (tertiary/aromatic N) is 2. The molecule has 0 unspecified atom stereocenters. The molecule has 0 aliphatic carbocycles. The molecule has 0 atom stereocenters. The number of hydrogen-bond donors (Lipinski definition) is 2. The average molecular weight is 314 g/mol. The molecule has 0 bridgehead atoms. The van der Waals surface area contributed by atoms with Crippen molar-refractivity contribution in [2.75, 3.05) is 23.7 Å². The van der Waals surface area contributed by atoms with Crippen LogP contribution >= 0.6 is 0 Å². The highest BCUT2D eigenvalue weighted by Crippen LogP contribution is 2.19. The predicted molar refractivity (Wildman–Crippen MR) is 79.1 cm³/mol. The maximum absolute atomic E-state index is 10.8. The molecule has 3 N–H and O–H groups in total. The first-order chi connectivity index (χ1) is 9.87. The zero-order valence-electron chi connectivity index (χ0n) is 11.9. The number of pyridine rings is 1. The van der Waals surface area contributed by atoms with Gasteiger partial charge >= 0.3 is 16.2 Å². The molecule has 0 saturated carbocycles. The van der Waals surface area contributed by atoms with Gasteiger partial charge in [0.15, 0.2) is 5.69 Å². The van der Waals surface area contributed by atoms with E-state index in [1.807, 2.05) is 0 Å². The maximum atomic E-state index is 10.8. The van der Waals surface area contributed by atoms with Crippen molar-refractivity contribution in [1.29, 1.82) is 0 Å². The first-order valence-corrected chi connectivity index (χ1v) is 8.13. The van der Waals surface area contributed by atoms with E-state index >= 15 is 0 Å². The smallest absolute Gasteiger partial charge is 0.371 e. The van der Waals surface area contributed by atoms with E-state index in [9.17, 15) is 8.42 Å². The van der Waals surface area contributed by atoms with Gasteiger partial charge in [0.2, 0.25) is 0 Å². The average Bonchev–Trinajstić information content (AvgIpc) is 2.32. The molecule has 0 saturated heterocycles. The first kappa shape index (κ1) is 15.6. The number of allylic oxidation sites excluding steroid dienone is 1. The van der Waals surface area contributed by atoms with Gasteiger partial charge in [-0.05, 0) is 24.0 Å². The van der Waals surface area contributed by atoms with Gasteiger partial charge in [0.1, 0.15) is 0 Å². The Labute approximate surface area is 124 Å². The minimum Gasteiger partial charge on any atom is -0.371 e. The lowest BCUT2D eigenvalue weighted by Crippen LogP contribution is -2.50. The number of aryl methyl sites for hydroxylation is 1. The normalized spacial score (nSPS) is 17.9. The lowest BCUT2D eigenvalue weighted by molar-refractivity contribution is -0.849. The van der Waals surface area contributed by atoms with Gasteiger partial charge in [0.05, 0.1) is 6.07 Å². The van der Waals surface area contributed by atoms with Gasteiger partial charge in [-0.15, -0.1) is 0 Å². The highest BCUT2D eigenvalue weighted by molar-refractivity contribution is 7.80. The molecule has 0 amide bonds. The Kier molecular flexibility index (Phi) is 4.69. The van der Waals surface area contributed by atoms with Gasteiger partial charge < -0.3 is 4.90 Å². The lowest BCUT2D eigenvalue weighted by Gasteiger charge is -2.25. The molecule has 2 heterocycles. The summed E-state index contributed by atoms with van der Waals surface area (Å²) < 4.78 is 35.7. The van der Waals surface area contributed by atoms with Crippen molar-refractivity contribution in [3.05, 3.63) is 30.0 Å². The van der Waals surface area contributed by atoms with E-state index in [2.05, 4.69) is 21.3 Å². The molecule has 116 valence electrons. The molecular weight excluding hydrogens is 294 g/mol. The van der Waals surface area contributed by atoms with Gasteiger partial charge in [-0.3, -0.25) is 10.3 Å². The van der Waals surface area contributed by atoms with Gasteiger partial charge in [-0.2, -0.15) is 12.7 Å². The van der Waals surface area contributed by atoms with Crippen LogP contribution in [0.15, 0.2) is 24.3 Å². The van der Waals surface area contributed by atoms with Crippen molar-refractivity contribution < 1.29 is 22.0 Å². The van der Waals surface area contributed by atoms with Crippen LogP contribution in [-0.4, -0.2) is 26.1 Å². The molecule has 1 aromatic heterocycles. The number of nitrogens with two attached hydrogens (primary N) is 1. The predicted octanol–water partition coefficient (Wildman–Crippen LogP) is 0.643. The quantitative estimate of drug-likeness (QED) is 0.483. The topological polar surface area (TPSA) is 96.7 Å². The second-order valence-electron chi connectivity index (χ2n) is 4.97. The van der Waals surface area contributed by atoms with E-state index in [4.69, 9.17) is 10.3 Å². The lowest BCUT2D eigenvalue weighted by atomic mass is 10.2. The molecule has 0 fully saturated rings. The summed E-state index contributed by atoms with van der Waals surface area (Å²) in [5.74, 6) is 0.111. The van der Waals surface area contributed by atoms with Crippen molar-refractivity contribution in [3.8, 4) is 0 Å². The molecule has 0 aromatic carbocycles. The summed E-state index contributed by atoms with van der Waals surface area (Å²) in [5, 5.41) is 0. The first-order valence-electron chi connectivity index (χ1n) is 6.76. The number of aromatic nitrogens is 1. The van der Waals surface area contributed by atoms with Crippen LogP contribution in [0.4, 0.5) is 11.5 Å². The number of rotatable bonds is 3. The summed E-state index contributed by atoms with van der Waals surface area (Å²) in [7, 11) is -4.61. The Morgan fingerprint density at radius 1 is 1.29 bits per heavy atom. The highest BCUT2D eigenvalue weighted by Gasteiger charge is 2.20. The molecular formula is C13H20N3O4S+. The van der Waals surface area contributed by atoms with Crippen LogP contribution in [-0.2, 0) is 10.4 Å². The molecule has 2 rings (SSSR count). The van der Waals surface area contributed by atoms with Crippen LogP contribution in [0.1, 0.15) is 25.0 Å². The highest BCUT2D eigenvalue weighted by atomic mass is 32.3. The van der Waals surface area contributed by atoms with Gasteiger partial charge in [-0.1, -0.05) is 12.2 Å². The summed E-state index contributed by atoms with van der Waals surface area (Å²) in [6, 6.07) is 3.43. The standard InChI is InChI=1S/C13H19N3O4S/c1-11-9-12(15-7-5-3-2-4-6-8-15)10-13(14)16(11)20-21(17,18)19/h2-3,9-10,14H,4-8H2,1H3,(H,17,18,19)/p+1/b3-2-. The number of hydrogen-bond acceptors (Lipinski definition) is 5. The maximum Gasteiger partial charge on any atom is 0.482 e. The zero-order valence-corrected chi connectivity index (χ0v) is 12.7. The van der Waals surface area contributed by atoms with Crippen LogP contribution in [0, 0.1) is 6.92 Å². The zero-order chi connectivity index (χ0) is 15.5. The van der Waals surface area contributed by atoms with Gasteiger partial charge in [0.25, 0.3) is 0 Å². The van der Waals surface area contributed by atoms with Crippen LogP contribution < -0.4 is 19.6 Å². The van der Waals surface area contributed by atoms with Crippen molar-refractivity contribution in [2.45, 2.75) is 26.2 Å². The molecule has 7 nitrogen and oxygen atoms in total. The fourth-order valence-electron chi connectivity index (χ4n) is 2.34. The summed E-state index contributed by atoms with van der Waals surface area (Å²) in [6.45, 7) is 3.44. The minimum atomic E-state index is -4.61. The summed E-state index contributed by atoms with van der Waals surface area (Å²) in [4.78, 5) is 2.20. The molecule has 0 spiro atoms. The van der Waals surface area contributed by atoms with E-state index in [-0.39, 0.29) is 5.82 Å². The van der Waals surface area contributed by atoms with E-state index < -0.39 is 10.4 Å². The van der Waals surface area contributed by atoms with Crippen LogP contribution in [0.5, 0.6) is 0 Å².